The van der Waals surface area contributed by atoms with E-state index in [1.807, 2.05) is 13.8 Å². The van der Waals surface area contributed by atoms with Crippen molar-refractivity contribution in [3.05, 3.63) is 0 Å². The van der Waals surface area contributed by atoms with Crippen molar-refractivity contribution in [1.29, 1.82) is 0 Å². The van der Waals surface area contributed by atoms with E-state index >= 15 is 0 Å². The molecule has 0 aromatic heterocycles. The summed E-state index contributed by atoms with van der Waals surface area (Å²) in [7, 11) is 0. The maximum Gasteiger partial charge on any atom is 0.409 e. The molecule has 16 heavy (non-hydrogen) atoms. The highest BCUT2D eigenvalue weighted by Crippen LogP contribution is 2.18. The Morgan fingerprint density at radius 1 is 1.31 bits per heavy atom. The Hall–Kier alpha value is -1.06. The summed E-state index contributed by atoms with van der Waals surface area (Å²) < 4.78 is 5.14. The largest absolute Gasteiger partial charge is 0.449 e. The van der Waals surface area contributed by atoms with Gasteiger partial charge in [-0.1, -0.05) is 13.8 Å². The van der Waals surface area contributed by atoms with E-state index in [4.69, 9.17) is 4.74 Å². The maximum absolute atomic E-state index is 11.6. The maximum atomic E-state index is 11.6. The van der Waals surface area contributed by atoms with Gasteiger partial charge in [0.2, 0.25) is 0 Å². The van der Waals surface area contributed by atoms with Crippen LogP contribution in [0.3, 0.4) is 0 Å². The van der Waals surface area contributed by atoms with Crippen LogP contribution in [0.25, 0.3) is 0 Å². The molecule has 0 spiro atoms. The Balaban J connectivity index is 2.30. The molecule has 0 N–H and O–H groups in total. The quantitative estimate of drug-likeness (QED) is 0.741. The molecule has 4 nitrogen and oxygen atoms in total. The summed E-state index contributed by atoms with van der Waals surface area (Å²) in [4.78, 5) is 24.4. The topological polar surface area (TPSA) is 46.6 Å². The molecular weight excluding hydrogens is 206 g/mol. The third-order valence-corrected chi connectivity index (χ3v) is 2.87. The van der Waals surface area contributed by atoms with Crippen molar-refractivity contribution in [3.63, 3.8) is 0 Å². The molecular formula is C12H21NO3. The molecule has 0 saturated carbocycles. The Kier molecular flexibility index (Phi) is 4.77. The van der Waals surface area contributed by atoms with Gasteiger partial charge in [0, 0.05) is 19.0 Å². The molecule has 1 amide bonds. The lowest BCUT2D eigenvalue weighted by molar-refractivity contribution is -0.122. The zero-order valence-electron chi connectivity index (χ0n) is 10.4. The fourth-order valence-corrected chi connectivity index (χ4v) is 1.80. The normalized spacial score (nSPS) is 17.6. The molecule has 1 saturated heterocycles. The summed E-state index contributed by atoms with van der Waals surface area (Å²) in [6.07, 6.45) is 1.30. The third kappa shape index (κ3) is 3.83. The smallest absolute Gasteiger partial charge is 0.409 e. The molecule has 0 aliphatic carbocycles. The van der Waals surface area contributed by atoms with Crippen LogP contribution in [0, 0.1) is 11.8 Å². The number of ether oxygens (including phenoxy) is 1. The van der Waals surface area contributed by atoms with Crippen LogP contribution in [0.5, 0.6) is 0 Å². The fraction of sp³-hybridized carbons (Fsp3) is 0.833. The van der Waals surface area contributed by atoms with Gasteiger partial charge in [0.25, 0.3) is 0 Å². The van der Waals surface area contributed by atoms with Gasteiger partial charge in [0.1, 0.15) is 5.78 Å². The van der Waals surface area contributed by atoms with E-state index < -0.39 is 0 Å². The van der Waals surface area contributed by atoms with Crippen LogP contribution < -0.4 is 0 Å². The van der Waals surface area contributed by atoms with Gasteiger partial charge in [-0.3, -0.25) is 4.79 Å². The van der Waals surface area contributed by atoms with Crippen LogP contribution in [0.1, 0.15) is 33.6 Å². The van der Waals surface area contributed by atoms with E-state index in [0.29, 0.717) is 25.6 Å². The van der Waals surface area contributed by atoms with Crippen LogP contribution in [0.2, 0.25) is 0 Å². The number of ketones is 1. The van der Waals surface area contributed by atoms with Crippen molar-refractivity contribution in [3.8, 4) is 0 Å². The van der Waals surface area contributed by atoms with Gasteiger partial charge in [0.05, 0.1) is 6.61 Å². The molecule has 0 radical (unpaired) electrons. The van der Waals surface area contributed by atoms with Crippen molar-refractivity contribution in [2.75, 3.05) is 19.7 Å². The average Bonchev–Trinajstić information content (AvgIpc) is 2.26. The molecule has 0 atom stereocenters. The minimum absolute atomic E-state index is 0.133. The minimum atomic E-state index is -0.240. The summed E-state index contributed by atoms with van der Waals surface area (Å²) in [5.74, 6) is 0.725. The predicted molar refractivity (Wildman–Crippen MR) is 61.2 cm³/mol. The average molecular weight is 227 g/mol. The van der Waals surface area contributed by atoms with E-state index in [-0.39, 0.29) is 17.8 Å². The van der Waals surface area contributed by atoms with Gasteiger partial charge in [-0.05, 0) is 25.7 Å². The highest BCUT2D eigenvalue weighted by molar-refractivity contribution is 5.78. The second kappa shape index (κ2) is 5.87. The molecule has 0 unspecified atom stereocenters. The highest BCUT2D eigenvalue weighted by Gasteiger charge is 2.25. The first-order chi connectivity index (χ1) is 7.50. The zero-order valence-corrected chi connectivity index (χ0v) is 10.4. The molecule has 0 aromatic rings. The number of piperidine rings is 1. The molecule has 1 aliphatic heterocycles. The number of hydrogen-bond donors (Lipinski definition) is 0. The standard InChI is InChI=1S/C12H21NO3/c1-9(2)8-16-12(15)13-6-4-11(5-7-13)10(3)14/h9,11H,4-8H2,1-3H3. The first-order valence-electron chi connectivity index (χ1n) is 5.93. The van der Waals surface area contributed by atoms with Crippen molar-refractivity contribution < 1.29 is 14.3 Å². The van der Waals surface area contributed by atoms with Gasteiger partial charge in [-0.2, -0.15) is 0 Å². The Bertz CT molecular complexity index is 255. The first-order valence-corrected chi connectivity index (χ1v) is 5.93. The SMILES string of the molecule is CC(=O)C1CCN(C(=O)OCC(C)C)CC1. The number of hydrogen-bond acceptors (Lipinski definition) is 3. The van der Waals surface area contributed by atoms with Crippen LogP contribution in [-0.4, -0.2) is 36.5 Å². The Morgan fingerprint density at radius 3 is 2.31 bits per heavy atom. The lowest BCUT2D eigenvalue weighted by atomic mass is 9.94. The molecule has 1 fully saturated rings. The van der Waals surface area contributed by atoms with Gasteiger partial charge in [-0.25, -0.2) is 4.79 Å². The summed E-state index contributed by atoms with van der Waals surface area (Å²) in [5, 5.41) is 0. The summed E-state index contributed by atoms with van der Waals surface area (Å²) in [5.41, 5.74) is 0. The number of carbonyl (C=O) groups excluding carboxylic acids is 2. The second-order valence-corrected chi connectivity index (χ2v) is 4.84. The van der Waals surface area contributed by atoms with Crippen molar-refractivity contribution in [1.82, 2.24) is 4.90 Å². The van der Waals surface area contributed by atoms with E-state index in [1.165, 1.54) is 0 Å². The van der Waals surface area contributed by atoms with E-state index in [2.05, 4.69) is 0 Å². The molecule has 0 bridgehead atoms. The Morgan fingerprint density at radius 2 is 1.88 bits per heavy atom. The van der Waals surface area contributed by atoms with Gasteiger partial charge in [0.15, 0.2) is 0 Å². The summed E-state index contributed by atoms with van der Waals surface area (Å²) in [6, 6.07) is 0. The molecule has 4 heteroatoms. The molecule has 1 heterocycles. The second-order valence-electron chi connectivity index (χ2n) is 4.84. The monoisotopic (exact) mass is 227 g/mol. The number of likely N-dealkylation sites (tertiary alicyclic amines) is 1. The zero-order chi connectivity index (χ0) is 12.1. The number of amides is 1. The van der Waals surface area contributed by atoms with E-state index in [9.17, 15) is 9.59 Å². The predicted octanol–water partition coefficient (Wildman–Crippen LogP) is 2.08. The van der Waals surface area contributed by atoms with E-state index in [0.717, 1.165) is 12.8 Å². The number of nitrogens with zero attached hydrogens (tertiary/aromatic N) is 1. The van der Waals surface area contributed by atoms with Gasteiger partial charge in [-0.15, -0.1) is 0 Å². The molecule has 0 aromatic carbocycles. The molecule has 1 rings (SSSR count). The number of Topliss-reactive ketones (excluding diaryl/α,β-unsaturated/α-hetero) is 1. The van der Waals surface area contributed by atoms with Crippen molar-refractivity contribution in [2.45, 2.75) is 33.6 Å². The fourth-order valence-electron chi connectivity index (χ4n) is 1.80. The van der Waals surface area contributed by atoms with Crippen LogP contribution in [0.4, 0.5) is 4.79 Å². The number of carbonyl (C=O) groups is 2. The first kappa shape index (κ1) is 13.0. The van der Waals surface area contributed by atoms with Gasteiger partial charge < -0.3 is 9.64 Å². The minimum Gasteiger partial charge on any atom is -0.449 e. The Labute approximate surface area is 96.9 Å². The molecule has 92 valence electrons. The van der Waals surface area contributed by atoms with Crippen LogP contribution in [-0.2, 0) is 9.53 Å². The van der Waals surface area contributed by atoms with E-state index in [1.54, 1.807) is 11.8 Å². The molecule has 1 aliphatic rings. The summed E-state index contributed by atoms with van der Waals surface area (Å²) >= 11 is 0. The van der Waals surface area contributed by atoms with Crippen molar-refractivity contribution in [2.24, 2.45) is 11.8 Å². The van der Waals surface area contributed by atoms with Crippen LogP contribution >= 0.6 is 0 Å². The number of rotatable bonds is 3. The third-order valence-electron chi connectivity index (χ3n) is 2.87. The van der Waals surface area contributed by atoms with Crippen molar-refractivity contribution >= 4 is 11.9 Å². The lowest BCUT2D eigenvalue weighted by Crippen LogP contribution is -2.40. The lowest BCUT2D eigenvalue weighted by Gasteiger charge is -2.30. The van der Waals surface area contributed by atoms with Crippen LogP contribution in [0.15, 0.2) is 0 Å². The highest BCUT2D eigenvalue weighted by atomic mass is 16.6. The summed E-state index contributed by atoms with van der Waals surface area (Å²) in [6.45, 7) is 7.38. The van der Waals surface area contributed by atoms with Gasteiger partial charge >= 0.3 is 6.09 Å².